The zero-order valence-corrected chi connectivity index (χ0v) is 35.6. The largest absolute Gasteiger partial charge is 0.489 e. The number of fused-ring (bicyclic) bond motifs is 1. The zero-order valence-electron chi connectivity index (χ0n) is 34.1. The molecule has 15 nitrogen and oxygen atoms in total. The van der Waals surface area contributed by atoms with Crippen LogP contribution in [0, 0.1) is 5.82 Å². The number of benzene rings is 2. The average molecular weight is 889 g/mol. The van der Waals surface area contributed by atoms with Gasteiger partial charge in [0.2, 0.25) is 17.7 Å². The van der Waals surface area contributed by atoms with Crippen LogP contribution in [0.1, 0.15) is 90.1 Å². The molecule has 6 heterocycles. The van der Waals surface area contributed by atoms with Crippen molar-refractivity contribution in [2.45, 2.75) is 82.3 Å². The van der Waals surface area contributed by atoms with E-state index in [9.17, 15) is 28.4 Å². The predicted molar refractivity (Wildman–Crippen MR) is 230 cm³/mol. The molecular formula is C44H48Cl2FN9O6. The van der Waals surface area contributed by atoms with Gasteiger partial charge in [0, 0.05) is 79.7 Å². The summed E-state index contributed by atoms with van der Waals surface area (Å²) in [5.74, 6) is -1.80. The number of carbonyl (C=O) groups excluding carboxylic acids is 5. The van der Waals surface area contributed by atoms with Crippen LogP contribution in [0.4, 0.5) is 15.9 Å². The summed E-state index contributed by atoms with van der Waals surface area (Å²) in [5, 5.41) is 10.6. The number of pyridine rings is 1. The number of likely N-dealkylation sites (tertiary alicyclic amines) is 2. The number of rotatable bonds is 16. The maximum atomic E-state index is 13.9. The van der Waals surface area contributed by atoms with E-state index in [1.807, 2.05) is 15.8 Å². The summed E-state index contributed by atoms with van der Waals surface area (Å²) in [7, 11) is 0. The first-order valence-electron chi connectivity index (χ1n) is 21.1. The monoisotopic (exact) mass is 887 g/mol. The van der Waals surface area contributed by atoms with Gasteiger partial charge in [-0.05, 0) is 74.5 Å². The summed E-state index contributed by atoms with van der Waals surface area (Å²) in [6.07, 6.45) is 11.9. The van der Waals surface area contributed by atoms with Gasteiger partial charge >= 0.3 is 0 Å². The maximum absolute atomic E-state index is 13.9. The lowest BCUT2D eigenvalue weighted by Gasteiger charge is -2.40. The van der Waals surface area contributed by atoms with E-state index >= 15 is 0 Å². The number of anilines is 2. The van der Waals surface area contributed by atoms with Crippen molar-refractivity contribution in [1.82, 2.24) is 34.8 Å². The lowest BCUT2D eigenvalue weighted by atomic mass is 10.0. The molecule has 326 valence electrons. The van der Waals surface area contributed by atoms with Crippen LogP contribution in [0.25, 0.3) is 11.1 Å². The Morgan fingerprint density at radius 1 is 0.968 bits per heavy atom. The number of aromatic nitrogens is 3. The smallest absolute Gasteiger partial charge is 0.264 e. The number of nitrogens with one attached hydrogen (secondary N) is 2. The van der Waals surface area contributed by atoms with Crippen LogP contribution in [0.15, 0.2) is 55.0 Å². The fraction of sp³-hybridized carbons (Fsp3) is 0.432. The molecule has 0 saturated carbocycles. The number of nitrogen functional groups attached to an aromatic ring is 1. The summed E-state index contributed by atoms with van der Waals surface area (Å²) in [5.41, 5.74) is 9.32. The number of halogens is 3. The van der Waals surface area contributed by atoms with E-state index in [0.717, 1.165) is 74.2 Å². The third-order valence-electron chi connectivity index (χ3n) is 12.2. The van der Waals surface area contributed by atoms with E-state index in [-0.39, 0.29) is 65.8 Å². The highest BCUT2D eigenvalue weighted by molar-refractivity contribution is 6.36. The van der Waals surface area contributed by atoms with E-state index in [4.69, 9.17) is 33.7 Å². The number of unbranched alkanes of at least 4 members (excludes halogenated alkanes) is 3. The van der Waals surface area contributed by atoms with Gasteiger partial charge in [-0.2, -0.15) is 5.10 Å². The zero-order chi connectivity index (χ0) is 43.5. The molecular weight excluding hydrogens is 840 g/mol. The SMILES string of the molecule is Nc1ncc(-c2cnn(C3CCN(C(=O)CCCCCCN4CC(Nc5cccc6c5C(=O)N([C@@H]5CCC(=O)NC5=O)C6=O)C4)CC3)c2)cc1OCCc1c(Cl)ccc(F)c1Cl. The van der Waals surface area contributed by atoms with Crippen molar-refractivity contribution in [3.63, 3.8) is 0 Å². The van der Waals surface area contributed by atoms with Gasteiger partial charge in [0.25, 0.3) is 11.8 Å². The van der Waals surface area contributed by atoms with Crippen molar-refractivity contribution < 1.29 is 33.1 Å². The van der Waals surface area contributed by atoms with Crippen LogP contribution in [-0.2, 0) is 20.8 Å². The highest BCUT2D eigenvalue weighted by atomic mass is 35.5. The third kappa shape index (κ3) is 9.27. The van der Waals surface area contributed by atoms with Crippen molar-refractivity contribution in [1.29, 1.82) is 0 Å². The number of hydrogen-bond donors (Lipinski definition) is 3. The van der Waals surface area contributed by atoms with Crippen LogP contribution in [0.2, 0.25) is 10.0 Å². The Hall–Kier alpha value is -5.58. The highest BCUT2D eigenvalue weighted by Crippen LogP contribution is 2.34. The second kappa shape index (κ2) is 18.8. The molecule has 0 spiro atoms. The summed E-state index contributed by atoms with van der Waals surface area (Å²) in [6.45, 7) is 4.07. The Morgan fingerprint density at radius 3 is 2.55 bits per heavy atom. The maximum Gasteiger partial charge on any atom is 0.264 e. The fourth-order valence-corrected chi connectivity index (χ4v) is 9.24. The van der Waals surface area contributed by atoms with Gasteiger partial charge in [-0.25, -0.2) is 9.37 Å². The number of nitrogens with zero attached hydrogens (tertiary/aromatic N) is 6. The minimum atomic E-state index is -0.998. The van der Waals surface area contributed by atoms with Crippen LogP contribution in [-0.4, -0.2) is 110 Å². The summed E-state index contributed by atoms with van der Waals surface area (Å²) in [4.78, 5) is 73.3. The van der Waals surface area contributed by atoms with Crippen LogP contribution < -0.4 is 21.1 Å². The molecule has 4 aliphatic heterocycles. The minimum Gasteiger partial charge on any atom is -0.489 e. The van der Waals surface area contributed by atoms with Gasteiger partial charge in [-0.15, -0.1) is 0 Å². The number of imide groups is 2. The number of ether oxygens (including phenoxy) is 1. The van der Waals surface area contributed by atoms with Crippen molar-refractivity contribution in [3.05, 3.63) is 87.5 Å². The summed E-state index contributed by atoms with van der Waals surface area (Å²) >= 11 is 12.3. The minimum absolute atomic E-state index is 0.0262. The van der Waals surface area contributed by atoms with E-state index in [1.165, 1.54) is 12.1 Å². The van der Waals surface area contributed by atoms with Gasteiger partial charge < -0.3 is 20.7 Å². The Balaban J connectivity index is 0.711. The molecule has 0 unspecified atom stereocenters. The average Bonchev–Trinajstić information content (AvgIpc) is 3.84. The van der Waals surface area contributed by atoms with E-state index in [1.54, 1.807) is 36.7 Å². The van der Waals surface area contributed by atoms with Gasteiger partial charge in [0.05, 0.1) is 41.0 Å². The molecule has 0 bridgehead atoms. The molecule has 3 fully saturated rings. The van der Waals surface area contributed by atoms with Crippen molar-refractivity contribution >= 4 is 64.2 Å². The van der Waals surface area contributed by atoms with Crippen molar-refractivity contribution in [2.24, 2.45) is 0 Å². The number of amides is 5. The molecule has 4 aromatic rings. The Kier molecular flexibility index (Phi) is 13.1. The molecule has 4 N–H and O–H groups in total. The number of hydrogen-bond acceptors (Lipinski definition) is 11. The second-order valence-electron chi connectivity index (χ2n) is 16.3. The first-order valence-corrected chi connectivity index (χ1v) is 21.9. The first-order chi connectivity index (χ1) is 29.9. The molecule has 8 rings (SSSR count). The topological polar surface area (TPSA) is 185 Å². The molecule has 0 radical (unpaired) electrons. The van der Waals surface area contributed by atoms with Crippen LogP contribution in [0.3, 0.4) is 0 Å². The lowest BCUT2D eigenvalue weighted by Crippen LogP contribution is -2.55. The molecule has 18 heteroatoms. The molecule has 2 aromatic heterocycles. The Morgan fingerprint density at radius 2 is 1.76 bits per heavy atom. The molecule has 62 heavy (non-hydrogen) atoms. The lowest BCUT2D eigenvalue weighted by molar-refractivity contribution is -0.136. The Labute approximate surface area is 368 Å². The molecule has 5 amide bonds. The quantitative estimate of drug-likeness (QED) is 0.0691. The van der Waals surface area contributed by atoms with Gasteiger partial charge in [-0.3, -0.25) is 43.8 Å². The van der Waals surface area contributed by atoms with E-state index < -0.39 is 35.5 Å². The van der Waals surface area contributed by atoms with Crippen LogP contribution >= 0.6 is 23.2 Å². The second-order valence-corrected chi connectivity index (χ2v) is 17.1. The normalized spacial score (nSPS) is 18.5. The first kappa shape index (κ1) is 43.1. The summed E-state index contributed by atoms with van der Waals surface area (Å²) in [6, 6.07) is 8.88. The fourth-order valence-electron chi connectivity index (χ4n) is 8.68. The molecule has 1 atom stereocenters. The molecule has 3 saturated heterocycles. The predicted octanol–water partition coefficient (Wildman–Crippen LogP) is 5.91. The standard InChI is InChI=1S/C44H48Cl2FN9O6/c45-32-9-10-33(47)40(46)30(32)15-19-62-36-20-26(21-49-41(36)48)27-22-50-55(23-27)29-13-17-54(18-14-29)38(58)8-3-1-2-4-16-53-24-28(25-53)51-34-7-5-6-31-39(34)44(61)56(43(31)60)35-11-12-37(57)52-42(35)59/h5-7,9-10,20-23,28-29,35,51H,1-4,8,11-19,24-25H2,(H2,48,49)(H,52,57,59)/t35-/m1/s1. The number of nitrogens with two attached hydrogens (primary N) is 1. The van der Waals surface area contributed by atoms with Gasteiger partial charge in [-0.1, -0.05) is 42.1 Å². The molecule has 4 aliphatic rings. The van der Waals surface area contributed by atoms with Gasteiger partial charge in [0.1, 0.15) is 11.9 Å². The molecule has 0 aliphatic carbocycles. The van der Waals surface area contributed by atoms with E-state index in [0.29, 0.717) is 41.5 Å². The summed E-state index contributed by atoms with van der Waals surface area (Å²) < 4.78 is 21.8. The van der Waals surface area contributed by atoms with E-state index in [2.05, 4.69) is 25.6 Å². The van der Waals surface area contributed by atoms with Crippen molar-refractivity contribution in [2.75, 3.05) is 50.4 Å². The number of piperidine rings is 2. The molecule has 2 aromatic carbocycles. The van der Waals surface area contributed by atoms with Gasteiger partial charge in [0.15, 0.2) is 11.6 Å². The number of carbonyl (C=O) groups is 5. The highest BCUT2D eigenvalue weighted by Gasteiger charge is 2.46. The van der Waals surface area contributed by atoms with Crippen LogP contribution in [0.5, 0.6) is 5.75 Å². The third-order valence-corrected chi connectivity index (χ3v) is 12.9. The Bertz CT molecular complexity index is 2380. The van der Waals surface area contributed by atoms with Crippen molar-refractivity contribution in [3.8, 4) is 16.9 Å².